The molecule has 1 unspecified atom stereocenters. The van der Waals surface area contributed by atoms with Gasteiger partial charge >= 0.3 is 0 Å². The molecule has 11 heteroatoms. The fourth-order valence-corrected chi connectivity index (χ4v) is 8.64. The molecule has 33 heavy (non-hydrogen) atoms. The van der Waals surface area contributed by atoms with Gasteiger partial charge in [-0.3, -0.25) is 4.90 Å². The van der Waals surface area contributed by atoms with Gasteiger partial charge in [-0.25, -0.2) is 21.6 Å². The Bertz CT molecular complexity index is 1120. The summed E-state index contributed by atoms with van der Waals surface area (Å²) in [4.78, 5) is 2.51. The smallest absolute Gasteiger partial charge is 0.231 e. The lowest BCUT2D eigenvalue weighted by Gasteiger charge is -2.51. The minimum atomic E-state index is -3.51. The molecule has 2 fully saturated rings. The molecule has 2 saturated heterocycles. The first kappa shape index (κ1) is 23.3. The maximum Gasteiger partial charge on any atom is 0.231 e. The standard InChI is InChI=1S/C22H33N3O6S2/c1-15(11-23-32(2,26)27)13-33(28,29)25-6-3-4-17-12-24-7-5-16-8-21-22(31-14-30-21)9-18(16)20(24)10-19(17)25/h8-9,15,17,19-20,23H,3-7,10-14H2,1-2H3/t15?,17-,19+,20-/m0/s1. The Balaban J connectivity index is 1.36. The fourth-order valence-electron chi connectivity index (χ4n) is 5.95. The van der Waals surface area contributed by atoms with Gasteiger partial charge in [0.15, 0.2) is 11.5 Å². The highest BCUT2D eigenvalue weighted by Gasteiger charge is 2.46. The number of sulfonamides is 2. The van der Waals surface area contributed by atoms with Crippen molar-refractivity contribution in [2.45, 2.75) is 44.7 Å². The summed E-state index contributed by atoms with van der Waals surface area (Å²) in [7, 11) is -6.86. The summed E-state index contributed by atoms with van der Waals surface area (Å²) in [6, 6.07) is 4.32. The number of nitrogens with one attached hydrogen (secondary N) is 1. The van der Waals surface area contributed by atoms with E-state index in [9.17, 15) is 16.8 Å². The second-order valence-electron chi connectivity index (χ2n) is 9.99. The van der Waals surface area contributed by atoms with E-state index in [2.05, 4.69) is 21.8 Å². The van der Waals surface area contributed by atoms with Crippen LogP contribution >= 0.6 is 0 Å². The minimum Gasteiger partial charge on any atom is -0.454 e. The van der Waals surface area contributed by atoms with Gasteiger partial charge in [0.25, 0.3) is 0 Å². The van der Waals surface area contributed by atoms with Crippen molar-refractivity contribution in [1.82, 2.24) is 13.9 Å². The van der Waals surface area contributed by atoms with Crippen molar-refractivity contribution in [3.05, 3.63) is 23.3 Å². The Morgan fingerprint density at radius 3 is 2.67 bits per heavy atom. The Labute approximate surface area is 196 Å². The fraction of sp³-hybridized carbons (Fsp3) is 0.727. The molecule has 4 aliphatic heterocycles. The van der Waals surface area contributed by atoms with Crippen LogP contribution in [0.1, 0.15) is 43.4 Å². The summed E-state index contributed by atoms with van der Waals surface area (Å²) < 4.78 is 65.0. The van der Waals surface area contributed by atoms with E-state index >= 15 is 0 Å². The van der Waals surface area contributed by atoms with Gasteiger partial charge in [0.2, 0.25) is 26.8 Å². The number of rotatable bonds is 6. The predicted octanol–water partition coefficient (Wildman–Crippen LogP) is 1.31. The number of hydrogen-bond donors (Lipinski definition) is 1. The van der Waals surface area contributed by atoms with Gasteiger partial charge in [0.1, 0.15) is 0 Å². The van der Waals surface area contributed by atoms with E-state index in [0.717, 1.165) is 56.5 Å². The number of ether oxygens (including phenoxy) is 2. The highest BCUT2D eigenvalue weighted by atomic mass is 32.2. The first-order valence-electron chi connectivity index (χ1n) is 11.7. The second-order valence-corrected chi connectivity index (χ2v) is 13.8. The zero-order chi connectivity index (χ0) is 23.4. The zero-order valence-electron chi connectivity index (χ0n) is 19.2. The van der Waals surface area contributed by atoms with E-state index in [1.165, 1.54) is 11.1 Å². The number of fused-ring (bicyclic) bond motifs is 5. The highest BCUT2D eigenvalue weighted by Crippen LogP contribution is 2.46. The van der Waals surface area contributed by atoms with Crippen LogP contribution in [0.25, 0.3) is 0 Å². The zero-order valence-corrected chi connectivity index (χ0v) is 20.8. The van der Waals surface area contributed by atoms with Crippen LogP contribution in [0.5, 0.6) is 11.5 Å². The molecule has 5 rings (SSSR count). The third kappa shape index (κ3) is 4.75. The van der Waals surface area contributed by atoms with E-state index in [1.807, 2.05) is 0 Å². The Morgan fingerprint density at radius 1 is 1.15 bits per heavy atom. The molecule has 4 heterocycles. The van der Waals surface area contributed by atoms with Crippen LogP contribution in [0.15, 0.2) is 12.1 Å². The number of piperidine rings is 2. The van der Waals surface area contributed by atoms with E-state index in [-0.39, 0.29) is 37.1 Å². The van der Waals surface area contributed by atoms with Gasteiger partial charge in [-0.05, 0) is 60.8 Å². The van der Waals surface area contributed by atoms with Crippen molar-refractivity contribution in [1.29, 1.82) is 0 Å². The summed E-state index contributed by atoms with van der Waals surface area (Å²) in [5.41, 5.74) is 2.50. The average molecular weight is 500 g/mol. The molecule has 0 aliphatic carbocycles. The minimum absolute atomic E-state index is 0.0311. The molecule has 1 aromatic carbocycles. The van der Waals surface area contributed by atoms with Crippen LogP contribution in [0.4, 0.5) is 0 Å². The first-order chi connectivity index (χ1) is 15.6. The monoisotopic (exact) mass is 499 g/mol. The number of nitrogens with zero attached hydrogens (tertiary/aromatic N) is 2. The van der Waals surface area contributed by atoms with Crippen molar-refractivity contribution < 1.29 is 26.3 Å². The summed E-state index contributed by atoms with van der Waals surface area (Å²) >= 11 is 0. The van der Waals surface area contributed by atoms with Crippen molar-refractivity contribution >= 4 is 20.0 Å². The van der Waals surface area contributed by atoms with Crippen LogP contribution in [0, 0.1) is 11.8 Å². The van der Waals surface area contributed by atoms with E-state index in [1.54, 1.807) is 11.2 Å². The van der Waals surface area contributed by atoms with E-state index in [4.69, 9.17) is 9.47 Å². The Kier molecular flexibility index (Phi) is 6.14. The topological polar surface area (TPSA) is 105 Å². The highest BCUT2D eigenvalue weighted by molar-refractivity contribution is 7.89. The summed E-state index contributed by atoms with van der Waals surface area (Å²) in [5, 5.41) is 0. The van der Waals surface area contributed by atoms with E-state index in [0.29, 0.717) is 12.5 Å². The molecular formula is C22H33N3O6S2. The maximum absolute atomic E-state index is 13.4. The lowest BCUT2D eigenvalue weighted by atomic mass is 9.77. The molecule has 0 radical (unpaired) electrons. The SMILES string of the molecule is CC(CNS(C)(=O)=O)CS(=O)(=O)N1CCC[C@H]2CN3CCc4cc5c(cc4[C@@H]3C[C@H]21)OCO5. The summed E-state index contributed by atoms with van der Waals surface area (Å²) in [6.07, 6.45) is 4.73. The van der Waals surface area contributed by atoms with Crippen molar-refractivity contribution in [2.24, 2.45) is 11.8 Å². The second kappa shape index (κ2) is 8.67. The average Bonchev–Trinajstić information content (AvgIpc) is 3.21. The summed E-state index contributed by atoms with van der Waals surface area (Å²) in [6.45, 7) is 4.56. The summed E-state index contributed by atoms with van der Waals surface area (Å²) in [5.74, 6) is 1.54. The molecule has 0 spiro atoms. The molecule has 0 amide bonds. The number of hydrogen-bond acceptors (Lipinski definition) is 7. The van der Waals surface area contributed by atoms with Crippen LogP contribution in [0.3, 0.4) is 0 Å². The van der Waals surface area contributed by atoms with Gasteiger partial charge < -0.3 is 9.47 Å². The molecule has 0 saturated carbocycles. The predicted molar refractivity (Wildman–Crippen MR) is 124 cm³/mol. The van der Waals surface area contributed by atoms with E-state index < -0.39 is 20.0 Å². The van der Waals surface area contributed by atoms with Crippen molar-refractivity contribution in [2.75, 3.05) is 45.0 Å². The molecule has 1 aromatic rings. The van der Waals surface area contributed by atoms with Gasteiger partial charge in [0, 0.05) is 38.3 Å². The quantitative estimate of drug-likeness (QED) is 0.629. The van der Waals surface area contributed by atoms with Gasteiger partial charge in [-0.2, -0.15) is 4.31 Å². The molecule has 0 aromatic heterocycles. The first-order valence-corrected chi connectivity index (χ1v) is 15.2. The lowest BCUT2D eigenvalue weighted by Crippen LogP contribution is -2.58. The van der Waals surface area contributed by atoms with Crippen LogP contribution in [-0.4, -0.2) is 77.1 Å². The largest absolute Gasteiger partial charge is 0.454 e. The normalized spacial score (nSPS) is 28.6. The number of benzene rings is 1. The van der Waals surface area contributed by atoms with Crippen molar-refractivity contribution in [3.8, 4) is 11.5 Å². The van der Waals surface area contributed by atoms with Gasteiger partial charge in [0.05, 0.1) is 12.0 Å². The molecule has 4 aliphatic rings. The molecular weight excluding hydrogens is 466 g/mol. The Morgan fingerprint density at radius 2 is 1.91 bits per heavy atom. The molecule has 184 valence electrons. The maximum atomic E-state index is 13.4. The van der Waals surface area contributed by atoms with Gasteiger partial charge in [-0.15, -0.1) is 0 Å². The van der Waals surface area contributed by atoms with Crippen LogP contribution in [-0.2, 0) is 26.5 Å². The van der Waals surface area contributed by atoms with Crippen LogP contribution < -0.4 is 14.2 Å². The third-order valence-corrected chi connectivity index (χ3v) is 10.3. The molecule has 4 atom stereocenters. The van der Waals surface area contributed by atoms with Crippen LogP contribution in [0.2, 0.25) is 0 Å². The lowest BCUT2D eigenvalue weighted by molar-refractivity contribution is 0.0218. The molecule has 0 bridgehead atoms. The Hall–Kier alpha value is -1.40. The molecule has 9 nitrogen and oxygen atoms in total. The third-order valence-electron chi connectivity index (χ3n) is 7.45. The molecule has 1 N–H and O–H groups in total. The van der Waals surface area contributed by atoms with Crippen molar-refractivity contribution in [3.63, 3.8) is 0 Å². The van der Waals surface area contributed by atoms with Gasteiger partial charge in [-0.1, -0.05) is 6.92 Å².